The molecule has 0 spiro atoms. The summed E-state index contributed by atoms with van der Waals surface area (Å²) in [5, 5.41) is 3.88. The van der Waals surface area contributed by atoms with E-state index in [-0.39, 0.29) is 5.91 Å². The Morgan fingerprint density at radius 3 is 2.71 bits per heavy atom. The van der Waals surface area contributed by atoms with Gasteiger partial charge in [-0.2, -0.15) is 0 Å². The number of carbonyl (C=O) groups excluding carboxylic acids is 1. The molecule has 1 fully saturated rings. The molecule has 0 aromatic rings. The van der Waals surface area contributed by atoms with Crippen LogP contribution in [0.15, 0.2) is 0 Å². The average Bonchev–Trinajstić information content (AvgIpc) is 2.10. The number of hydrogen-bond acceptors (Lipinski definition) is 1. The Balaban J connectivity index is 2.33. The topological polar surface area (TPSA) is 29.1 Å². The Kier molecular flexibility index (Phi) is 4.93. The van der Waals surface area contributed by atoms with Crippen LogP contribution in [0.3, 0.4) is 0 Å². The lowest BCUT2D eigenvalue weighted by Crippen LogP contribution is -2.42. The highest BCUT2D eigenvalue weighted by Gasteiger charge is 2.25. The Labute approximate surface area is 95.0 Å². The van der Waals surface area contributed by atoms with Crippen molar-refractivity contribution in [1.29, 1.82) is 0 Å². The van der Waals surface area contributed by atoms with Crippen LogP contribution >= 0.6 is 15.9 Å². The summed E-state index contributed by atoms with van der Waals surface area (Å²) >= 11 is 3.28. The molecule has 0 aliphatic heterocycles. The number of rotatable bonds is 3. The van der Waals surface area contributed by atoms with Gasteiger partial charge in [0, 0.05) is 17.8 Å². The zero-order valence-corrected chi connectivity index (χ0v) is 10.6. The van der Waals surface area contributed by atoms with Gasteiger partial charge in [-0.25, -0.2) is 0 Å². The van der Waals surface area contributed by atoms with Gasteiger partial charge < -0.3 is 5.32 Å². The lowest BCUT2D eigenvalue weighted by Gasteiger charge is -2.33. The number of halogens is 1. The van der Waals surface area contributed by atoms with E-state index in [9.17, 15) is 4.79 Å². The van der Waals surface area contributed by atoms with Gasteiger partial charge in [-0.05, 0) is 31.1 Å². The van der Waals surface area contributed by atoms with E-state index >= 15 is 0 Å². The van der Waals surface area contributed by atoms with Crippen molar-refractivity contribution in [1.82, 2.24) is 5.32 Å². The van der Waals surface area contributed by atoms with Gasteiger partial charge in [0.25, 0.3) is 0 Å². The van der Waals surface area contributed by atoms with E-state index in [1.54, 1.807) is 0 Å². The maximum atomic E-state index is 11.4. The molecule has 0 saturated heterocycles. The summed E-state index contributed by atoms with van der Waals surface area (Å²) in [6.07, 6.45) is 4.25. The summed E-state index contributed by atoms with van der Waals surface area (Å²) < 4.78 is 0. The van der Waals surface area contributed by atoms with Crippen LogP contribution in [0, 0.1) is 11.8 Å². The molecule has 1 N–H and O–H groups in total. The molecule has 0 aromatic carbocycles. The van der Waals surface area contributed by atoms with E-state index in [1.807, 2.05) is 0 Å². The first-order chi connectivity index (χ1) is 6.63. The van der Waals surface area contributed by atoms with Crippen LogP contribution in [0.2, 0.25) is 0 Å². The van der Waals surface area contributed by atoms with Gasteiger partial charge >= 0.3 is 0 Å². The Morgan fingerprint density at radius 2 is 2.14 bits per heavy atom. The minimum atomic E-state index is 0.188. The van der Waals surface area contributed by atoms with Crippen molar-refractivity contribution in [3.63, 3.8) is 0 Å². The fourth-order valence-corrected chi connectivity index (χ4v) is 2.60. The third kappa shape index (κ3) is 3.60. The summed E-state index contributed by atoms with van der Waals surface area (Å²) in [6, 6.07) is 0.415. The third-order valence-corrected chi connectivity index (χ3v) is 3.50. The van der Waals surface area contributed by atoms with Crippen LogP contribution in [0.1, 0.15) is 39.5 Å². The Bertz CT molecular complexity index is 196. The molecular formula is C11H20BrNO. The van der Waals surface area contributed by atoms with Crippen molar-refractivity contribution in [2.24, 2.45) is 11.8 Å². The van der Waals surface area contributed by atoms with Crippen molar-refractivity contribution in [3.8, 4) is 0 Å². The summed E-state index contributed by atoms with van der Waals surface area (Å²) in [7, 11) is 0. The second-order valence-electron chi connectivity index (χ2n) is 4.51. The fraction of sp³-hybridized carbons (Fsp3) is 0.909. The molecule has 1 rings (SSSR count). The smallest absolute Gasteiger partial charge is 0.221 e. The van der Waals surface area contributed by atoms with E-state index in [1.165, 1.54) is 12.8 Å². The first-order valence-corrected chi connectivity index (χ1v) is 6.61. The largest absolute Gasteiger partial charge is 0.353 e. The van der Waals surface area contributed by atoms with Gasteiger partial charge in [0.15, 0.2) is 0 Å². The van der Waals surface area contributed by atoms with Crippen molar-refractivity contribution in [2.75, 3.05) is 5.33 Å². The van der Waals surface area contributed by atoms with Crippen LogP contribution in [0.4, 0.5) is 0 Å². The van der Waals surface area contributed by atoms with E-state index in [0.717, 1.165) is 17.7 Å². The Morgan fingerprint density at radius 1 is 1.43 bits per heavy atom. The number of nitrogens with one attached hydrogen (secondary N) is 1. The van der Waals surface area contributed by atoms with Crippen LogP contribution in [0.5, 0.6) is 0 Å². The standard InChI is InChI=1S/C11H20BrNO/c1-8-3-4-10(9(2)7-8)13-11(14)5-6-12/h8-10H,3-7H2,1-2H3,(H,13,14). The molecule has 1 aliphatic carbocycles. The average molecular weight is 262 g/mol. The zero-order chi connectivity index (χ0) is 10.6. The second-order valence-corrected chi connectivity index (χ2v) is 5.30. The van der Waals surface area contributed by atoms with Crippen molar-refractivity contribution in [2.45, 2.75) is 45.6 Å². The predicted molar refractivity (Wildman–Crippen MR) is 62.5 cm³/mol. The summed E-state index contributed by atoms with van der Waals surface area (Å²) in [5.41, 5.74) is 0. The molecule has 2 nitrogen and oxygen atoms in total. The number of hydrogen-bond donors (Lipinski definition) is 1. The quantitative estimate of drug-likeness (QED) is 0.778. The summed E-state index contributed by atoms with van der Waals surface area (Å²) in [5.74, 6) is 1.65. The van der Waals surface area contributed by atoms with Crippen molar-refractivity contribution >= 4 is 21.8 Å². The maximum Gasteiger partial charge on any atom is 0.221 e. The normalized spacial score (nSPS) is 32.6. The molecule has 14 heavy (non-hydrogen) atoms. The fourth-order valence-electron chi connectivity index (χ4n) is 2.24. The first-order valence-electron chi connectivity index (χ1n) is 5.48. The van der Waals surface area contributed by atoms with E-state index < -0.39 is 0 Å². The highest BCUT2D eigenvalue weighted by atomic mass is 79.9. The lowest BCUT2D eigenvalue weighted by molar-refractivity contribution is -0.122. The number of carbonyl (C=O) groups is 1. The molecule has 3 heteroatoms. The predicted octanol–water partition coefficient (Wildman–Crippen LogP) is 2.71. The molecule has 1 aliphatic rings. The van der Waals surface area contributed by atoms with E-state index in [4.69, 9.17) is 0 Å². The van der Waals surface area contributed by atoms with Gasteiger partial charge in [0.1, 0.15) is 0 Å². The third-order valence-electron chi connectivity index (χ3n) is 3.10. The summed E-state index contributed by atoms with van der Waals surface area (Å²) in [4.78, 5) is 11.4. The SMILES string of the molecule is CC1CCC(NC(=O)CCBr)C(C)C1. The molecule has 1 amide bonds. The lowest BCUT2D eigenvalue weighted by atomic mass is 9.80. The summed E-state index contributed by atoms with van der Waals surface area (Å²) in [6.45, 7) is 4.54. The molecule has 3 unspecified atom stereocenters. The molecule has 0 aromatic heterocycles. The Hall–Kier alpha value is -0.0500. The molecule has 3 atom stereocenters. The van der Waals surface area contributed by atoms with Crippen molar-refractivity contribution in [3.05, 3.63) is 0 Å². The minimum Gasteiger partial charge on any atom is -0.353 e. The van der Waals surface area contributed by atoms with Gasteiger partial charge in [-0.1, -0.05) is 29.8 Å². The molecule has 1 saturated carbocycles. The molecule has 0 radical (unpaired) electrons. The van der Waals surface area contributed by atoms with Crippen LogP contribution in [0.25, 0.3) is 0 Å². The molecule has 0 heterocycles. The molecular weight excluding hydrogens is 242 g/mol. The van der Waals surface area contributed by atoms with E-state index in [2.05, 4.69) is 35.1 Å². The van der Waals surface area contributed by atoms with Gasteiger partial charge in [0.05, 0.1) is 0 Å². The number of amides is 1. The number of alkyl halides is 1. The van der Waals surface area contributed by atoms with Crippen LogP contribution in [-0.4, -0.2) is 17.3 Å². The molecule has 0 bridgehead atoms. The van der Waals surface area contributed by atoms with Gasteiger partial charge in [-0.15, -0.1) is 0 Å². The zero-order valence-electron chi connectivity index (χ0n) is 9.05. The minimum absolute atomic E-state index is 0.188. The van der Waals surface area contributed by atoms with Crippen molar-refractivity contribution < 1.29 is 4.79 Å². The monoisotopic (exact) mass is 261 g/mol. The van der Waals surface area contributed by atoms with Gasteiger partial charge in [0.2, 0.25) is 5.91 Å². The van der Waals surface area contributed by atoms with Crippen LogP contribution < -0.4 is 5.32 Å². The van der Waals surface area contributed by atoms with Crippen LogP contribution in [-0.2, 0) is 4.79 Å². The molecule has 82 valence electrons. The first kappa shape index (κ1) is 12.0. The van der Waals surface area contributed by atoms with E-state index in [0.29, 0.717) is 18.4 Å². The second kappa shape index (κ2) is 5.74. The highest BCUT2D eigenvalue weighted by molar-refractivity contribution is 9.09. The van der Waals surface area contributed by atoms with Gasteiger partial charge in [-0.3, -0.25) is 4.79 Å². The highest BCUT2D eigenvalue weighted by Crippen LogP contribution is 2.28. The maximum absolute atomic E-state index is 11.4.